The van der Waals surface area contributed by atoms with Crippen LogP contribution >= 0.6 is 0 Å². The topological polar surface area (TPSA) is 65.0 Å². The Bertz CT molecular complexity index is 1540. The van der Waals surface area contributed by atoms with Gasteiger partial charge >= 0.3 is 0 Å². The molecular formula is C29H19N3O2. The summed E-state index contributed by atoms with van der Waals surface area (Å²) in [5, 5.41) is 0. The maximum Gasteiger partial charge on any atom is 0.228 e. The number of aromatic nitrogens is 3. The van der Waals surface area contributed by atoms with Crippen molar-refractivity contribution in [3.8, 4) is 56.8 Å². The van der Waals surface area contributed by atoms with E-state index in [0.29, 0.717) is 23.3 Å². The fraction of sp³-hybridized carbons (Fsp3) is 0. The van der Waals surface area contributed by atoms with Crippen LogP contribution < -0.4 is 0 Å². The SMILES string of the molecule is c1ccc(-c2cnc(-c3cnc(-c4ccccc4)c(-c4ncc(-c5ccccc5)o4)c3)o2)cc1. The first-order chi connectivity index (χ1) is 16.8. The molecule has 0 N–H and O–H groups in total. The van der Waals surface area contributed by atoms with E-state index in [1.165, 1.54) is 0 Å². The van der Waals surface area contributed by atoms with Gasteiger partial charge in [0.1, 0.15) is 0 Å². The van der Waals surface area contributed by atoms with E-state index in [4.69, 9.17) is 13.8 Å². The lowest BCUT2D eigenvalue weighted by atomic mass is 10.0. The number of nitrogens with zero attached hydrogens (tertiary/aromatic N) is 3. The highest BCUT2D eigenvalue weighted by Gasteiger charge is 2.18. The van der Waals surface area contributed by atoms with Crippen LogP contribution in [0.15, 0.2) is 124 Å². The molecule has 0 amide bonds. The molecule has 0 saturated carbocycles. The first-order valence-corrected chi connectivity index (χ1v) is 10.9. The number of hydrogen-bond donors (Lipinski definition) is 0. The van der Waals surface area contributed by atoms with Crippen molar-refractivity contribution in [2.24, 2.45) is 0 Å². The van der Waals surface area contributed by atoms with E-state index in [1.807, 2.05) is 97.1 Å². The van der Waals surface area contributed by atoms with E-state index in [9.17, 15) is 0 Å². The highest BCUT2D eigenvalue weighted by molar-refractivity contribution is 5.80. The number of pyridine rings is 1. The molecule has 0 unspecified atom stereocenters. The first kappa shape index (κ1) is 19.9. The normalized spacial score (nSPS) is 10.9. The third-order valence-electron chi connectivity index (χ3n) is 5.54. The summed E-state index contributed by atoms with van der Waals surface area (Å²) in [5.41, 5.74) is 5.20. The van der Waals surface area contributed by atoms with Gasteiger partial charge in [0, 0.05) is 22.9 Å². The largest absolute Gasteiger partial charge is 0.436 e. The molecule has 6 rings (SSSR count). The van der Waals surface area contributed by atoms with Crippen molar-refractivity contribution in [3.05, 3.63) is 116 Å². The van der Waals surface area contributed by atoms with E-state index in [2.05, 4.69) is 9.97 Å². The zero-order valence-corrected chi connectivity index (χ0v) is 18.1. The summed E-state index contributed by atoms with van der Waals surface area (Å²) in [6.45, 7) is 0. The van der Waals surface area contributed by atoms with Gasteiger partial charge in [-0.1, -0.05) is 91.0 Å². The highest BCUT2D eigenvalue weighted by atomic mass is 16.4. The second-order valence-electron chi connectivity index (χ2n) is 7.78. The van der Waals surface area contributed by atoms with Crippen molar-refractivity contribution in [2.45, 2.75) is 0 Å². The van der Waals surface area contributed by atoms with E-state index in [1.54, 1.807) is 18.6 Å². The Balaban J connectivity index is 1.45. The van der Waals surface area contributed by atoms with Crippen LogP contribution in [0.25, 0.3) is 56.8 Å². The molecule has 0 aliphatic heterocycles. The van der Waals surface area contributed by atoms with Crippen LogP contribution in [0.1, 0.15) is 0 Å². The Morgan fingerprint density at radius 2 is 0.941 bits per heavy atom. The Kier molecular flexibility index (Phi) is 5.05. The molecule has 0 saturated heterocycles. The average Bonchev–Trinajstić information content (AvgIpc) is 3.61. The second-order valence-corrected chi connectivity index (χ2v) is 7.78. The highest BCUT2D eigenvalue weighted by Crippen LogP contribution is 2.35. The van der Waals surface area contributed by atoms with Gasteiger partial charge in [0.2, 0.25) is 11.8 Å². The van der Waals surface area contributed by atoms with Crippen molar-refractivity contribution in [2.75, 3.05) is 0 Å². The van der Waals surface area contributed by atoms with Crippen molar-refractivity contribution in [1.29, 1.82) is 0 Å². The molecular weight excluding hydrogens is 422 g/mol. The summed E-state index contributed by atoms with van der Waals surface area (Å²) in [4.78, 5) is 13.8. The molecule has 162 valence electrons. The van der Waals surface area contributed by atoms with Crippen LogP contribution in [0.3, 0.4) is 0 Å². The quantitative estimate of drug-likeness (QED) is 0.279. The van der Waals surface area contributed by atoms with E-state index in [-0.39, 0.29) is 0 Å². The van der Waals surface area contributed by atoms with E-state index in [0.717, 1.165) is 33.5 Å². The van der Waals surface area contributed by atoms with Crippen molar-refractivity contribution in [1.82, 2.24) is 15.0 Å². The molecule has 0 spiro atoms. The Labute approximate surface area is 196 Å². The monoisotopic (exact) mass is 441 g/mol. The number of rotatable bonds is 5. The number of hydrogen-bond acceptors (Lipinski definition) is 5. The number of benzene rings is 3. The Morgan fingerprint density at radius 3 is 1.53 bits per heavy atom. The van der Waals surface area contributed by atoms with Gasteiger partial charge < -0.3 is 8.83 Å². The molecule has 3 aromatic heterocycles. The Morgan fingerprint density at radius 1 is 0.441 bits per heavy atom. The standard InChI is InChI=1S/C29H19N3O2/c1-4-10-20(11-5-1)25-18-31-28(33-25)23-16-24(27(30-17-23)22-14-8-3-9-15-22)29-32-19-26(34-29)21-12-6-2-7-13-21/h1-19H. The van der Waals surface area contributed by atoms with Crippen LogP contribution in [-0.2, 0) is 0 Å². The molecule has 5 heteroatoms. The maximum absolute atomic E-state index is 6.18. The minimum atomic E-state index is 0.488. The molecule has 34 heavy (non-hydrogen) atoms. The van der Waals surface area contributed by atoms with Gasteiger partial charge in [0.25, 0.3) is 0 Å². The molecule has 0 atom stereocenters. The van der Waals surface area contributed by atoms with Gasteiger partial charge in [-0.3, -0.25) is 4.98 Å². The molecule has 0 fully saturated rings. The molecule has 3 heterocycles. The van der Waals surface area contributed by atoms with Gasteiger partial charge in [-0.2, -0.15) is 0 Å². The summed E-state index contributed by atoms with van der Waals surface area (Å²) >= 11 is 0. The lowest BCUT2D eigenvalue weighted by Crippen LogP contribution is -1.91. The van der Waals surface area contributed by atoms with Gasteiger partial charge in [-0.15, -0.1) is 0 Å². The fourth-order valence-electron chi connectivity index (χ4n) is 3.85. The first-order valence-electron chi connectivity index (χ1n) is 10.9. The van der Waals surface area contributed by atoms with Crippen molar-refractivity contribution >= 4 is 0 Å². The van der Waals surface area contributed by atoms with E-state index < -0.39 is 0 Å². The lowest BCUT2D eigenvalue weighted by molar-refractivity contribution is 0.586. The van der Waals surface area contributed by atoms with Gasteiger partial charge in [-0.05, 0) is 6.07 Å². The molecule has 0 aliphatic rings. The fourth-order valence-corrected chi connectivity index (χ4v) is 3.85. The molecule has 0 radical (unpaired) electrons. The summed E-state index contributed by atoms with van der Waals surface area (Å²) in [6, 6.07) is 31.8. The maximum atomic E-state index is 6.18. The second kappa shape index (κ2) is 8.64. The van der Waals surface area contributed by atoms with Gasteiger partial charge in [0.05, 0.1) is 29.2 Å². The Hall–Kier alpha value is -4.77. The molecule has 0 aliphatic carbocycles. The van der Waals surface area contributed by atoms with Crippen molar-refractivity contribution in [3.63, 3.8) is 0 Å². The van der Waals surface area contributed by atoms with Crippen LogP contribution in [0.5, 0.6) is 0 Å². The van der Waals surface area contributed by atoms with Crippen LogP contribution in [0.4, 0.5) is 0 Å². The average molecular weight is 441 g/mol. The van der Waals surface area contributed by atoms with E-state index >= 15 is 0 Å². The van der Waals surface area contributed by atoms with Crippen LogP contribution in [0, 0.1) is 0 Å². The molecule has 0 bridgehead atoms. The third kappa shape index (κ3) is 3.80. The molecule has 6 aromatic rings. The predicted molar refractivity (Wildman–Crippen MR) is 132 cm³/mol. The minimum Gasteiger partial charge on any atom is -0.436 e. The third-order valence-corrected chi connectivity index (χ3v) is 5.54. The zero-order chi connectivity index (χ0) is 22.7. The van der Waals surface area contributed by atoms with Gasteiger partial charge in [-0.25, -0.2) is 9.97 Å². The zero-order valence-electron chi connectivity index (χ0n) is 18.1. The summed E-state index contributed by atoms with van der Waals surface area (Å²) in [6.07, 6.45) is 5.24. The number of oxazole rings is 2. The van der Waals surface area contributed by atoms with Crippen LogP contribution in [-0.4, -0.2) is 15.0 Å². The smallest absolute Gasteiger partial charge is 0.228 e. The predicted octanol–water partition coefficient (Wildman–Crippen LogP) is 7.39. The lowest BCUT2D eigenvalue weighted by Gasteiger charge is -2.08. The van der Waals surface area contributed by atoms with Gasteiger partial charge in [0.15, 0.2) is 11.5 Å². The summed E-state index contributed by atoms with van der Waals surface area (Å²) < 4.78 is 12.2. The molecule has 5 nitrogen and oxygen atoms in total. The summed E-state index contributed by atoms with van der Waals surface area (Å²) in [7, 11) is 0. The van der Waals surface area contributed by atoms with Crippen LogP contribution in [0.2, 0.25) is 0 Å². The molecule has 3 aromatic carbocycles. The summed E-state index contributed by atoms with van der Waals surface area (Å²) in [5.74, 6) is 2.37. The minimum absolute atomic E-state index is 0.488. The van der Waals surface area contributed by atoms with Crippen molar-refractivity contribution < 1.29 is 8.83 Å².